The van der Waals surface area contributed by atoms with Gasteiger partial charge in [-0.3, -0.25) is 0 Å². The minimum atomic E-state index is 0.936. The fraction of sp³-hybridized carbons (Fsp3) is 0.200. The van der Waals surface area contributed by atoms with E-state index in [1.807, 2.05) is 11.8 Å². The van der Waals surface area contributed by atoms with Crippen LogP contribution in [0.5, 0.6) is 0 Å². The van der Waals surface area contributed by atoms with Crippen molar-refractivity contribution in [1.29, 1.82) is 0 Å². The third-order valence-corrected chi connectivity index (χ3v) is 4.39. The maximum atomic E-state index is 4.03. The Labute approximate surface area is 132 Å². The van der Waals surface area contributed by atoms with Crippen LogP contribution in [0.15, 0.2) is 82.6 Å². The van der Waals surface area contributed by atoms with Crippen molar-refractivity contribution in [2.75, 3.05) is 0 Å². The Hall–Kier alpha value is -1.73. The van der Waals surface area contributed by atoms with E-state index < -0.39 is 0 Å². The lowest BCUT2D eigenvalue weighted by atomic mass is 10.1. The van der Waals surface area contributed by atoms with Gasteiger partial charge in [0.2, 0.25) is 0 Å². The monoisotopic (exact) mass is 294 g/mol. The van der Waals surface area contributed by atoms with Crippen LogP contribution in [0.1, 0.15) is 25.0 Å². The first kappa shape index (κ1) is 15.7. The van der Waals surface area contributed by atoms with Crippen LogP contribution < -0.4 is 0 Å². The van der Waals surface area contributed by atoms with E-state index in [1.54, 1.807) is 0 Å². The molecule has 0 saturated carbocycles. The van der Waals surface area contributed by atoms with Gasteiger partial charge in [0.25, 0.3) is 0 Å². The molecule has 1 heteroatoms. The summed E-state index contributed by atoms with van der Waals surface area (Å²) in [6.07, 6.45) is 1.87. The van der Waals surface area contributed by atoms with Crippen molar-refractivity contribution in [1.82, 2.24) is 0 Å². The second-order valence-electron chi connectivity index (χ2n) is 5.59. The standard InChI is InChI=1S/C20H22S/c1-15(2)13-17-9-5-7-11-19(17)21-20-12-8-6-10-18(20)14-16(3)4/h5-12H,1,3,13-14H2,2,4H3. The SMILES string of the molecule is C=C(C)Cc1ccccc1Sc1ccccc1CC(=C)C. The zero-order valence-electron chi connectivity index (χ0n) is 12.9. The van der Waals surface area contributed by atoms with Crippen LogP contribution >= 0.6 is 11.8 Å². The average Bonchev–Trinajstić information content (AvgIpc) is 2.42. The Bertz CT molecular complexity index is 595. The molecule has 21 heavy (non-hydrogen) atoms. The predicted molar refractivity (Wildman–Crippen MR) is 94.0 cm³/mol. The highest BCUT2D eigenvalue weighted by atomic mass is 32.2. The van der Waals surface area contributed by atoms with Gasteiger partial charge in [0.05, 0.1) is 0 Å². The Balaban J connectivity index is 2.30. The molecule has 0 aromatic heterocycles. The molecule has 0 radical (unpaired) electrons. The van der Waals surface area contributed by atoms with Gasteiger partial charge >= 0.3 is 0 Å². The van der Waals surface area contributed by atoms with Crippen LogP contribution in [0.3, 0.4) is 0 Å². The molecule has 0 spiro atoms. The summed E-state index contributed by atoms with van der Waals surface area (Å²) in [4.78, 5) is 2.63. The molecule has 0 nitrogen and oxygen atoms in total. The summed E-state index contributed by atoms with van der Waals surface area (Å²) < 4.78 is 0. The molecule has 0 N–H and O–H groups in total. The first-order chi connectivity index (χ1) is 10.1. The van der Waals surface area contributed by atoms with Crippen molar-refractivity contribution in [2.45, 2.75) is 36.5 Å². The first-order valence-corrected chi connectivity index (χ1v) is 8.00. The number of rotatable bonds is 6. The predicted octanol–water partition coefficient (Wildman–Crippen LogP) is 6.08. The van der Waals surface area contributed by atoms with Gasteiger partial charge in [-0.1, -0.05) is 72.5 Å². The van der Waals surface area contributed by atoms with Crippen molar-refractivity contribution in [3.8, 4) is 0 Å². The Morgan fingerprint density at radius 3 is 1.52 bits per heavy atom. The second-order valence-corrected chi connectivity index (χ2v) is 6.67. The third kappa shape index (κ3) is 4.64. The van der Waals surface area contributed by atoms with E-state index in [0.29, 0.717) is 0 Å². The topological polar surface area (TPSA) is 0 Å². The maximum absolute atomic E-state index is 4.03. The normalized spacial score (nSPS) is 10.4. The van der Waals surface area contributed by atoms with Gasteiger partial charge in [0.15, 0.2) is 0 Å². The fourth-order valence-electron chi connectivity index (χ4n) is 2.27. The molecule has 0 fully saturated rings. The molecule has 0 aliphatic rings. The summed E-state index contributed by atoms with van der Waals surface area (Å²) in [5.74, 6) is 0. The maximum Gasteiger partial charge on any atom is 0.0157 e. The summed E-state index contributed by atoms with van der Waals surface area (Å²) in [5, 5.41) is 0. The van der Waals surface area contributed by atoms with Crippen LogP contribution in [0.4, 0.5) is 0 Å². The highest BCUT2D eigenvalue weighted by Crippen LogP contribution is 2.34. The highest BCUT2D eigenvalue weighted by molar-refractivity contribution is 7.99. The minimum Gasteiger partial charge on any atom is -0.0998 e. The van der Waals surface area contributed by atoms with E-state index in [4.69, 9.17) is 0 Å². The quantitative estimate of drug-likeness (QED) is 0.582. The van der Waals surface area contributed by atoms with Crippen molar-refractivity contribution in [2.24, 2.45) is 0 Å². The minimum absolute atomic E-state index is 0.936. The zero-order chi connectivity index (χ0) is 15.2. The molecule has 0 amide bonds. The molecule has 2 aromatic rings. The van der Waals surface area contributed by atoms with Crippen LogP contribution in [0.2, 0.25) is 0 Å². The van der Waals surface area contributed by atoms with E-state index in [-0.39, 0.29) is 0 Å². The lowest BCUT2D eigenvalue weighted by molar-refractivity contribution is 1.08. The van der Waals surface area contributed by atoms with E-state index in [2.05, 4.69) is 75.5 Å². The molecule has 0 aliphatic heterocycles. The molecule has 0 aliphatic carbocycles. The van der Waals surface area contributed by atoms with Gasteiger partial charge in [0, 0.05) is 9.79 Å². The number of hydrogen-bond acceptors (Lipinski definition) is 1. The van der Waals surface area contributed by atoms with Crippen molar-refractivity contribution in [3.63, 3.8) is 0 Å². The van der Waals surface area contributed by atoms with Gasteiger partial charge in [-0.15, -0.1) is 0 Å². The van der Waals surface area contributed by atoms with Crippen LogP contribution in [-0.2, 0) is 12.8 Å². The lowest BCUT2D eigenvalue weighted by Crippen LogP contribution is -1.92. The number of benzene rings is 2. The zero-order valence-corrected chi connectivity index (χ0v) is 13.7. The molecular weight excluding hydrogens is 272 g/mol. The molecule has 0 saturated heterocycles. The smallest absolute Gasteiger partial charge is 0.0157 e. The summed E-state index contributed by atoms with van der Waals surface area (Å²) in [6.45, 7) is 12.2. The van der Waals surface area contributed by atoms with Crippen LogP contribution in [-0.4, -0.2) is 0 Å². The summed E-state index contributed by atoms with van der Waals surface area (Å²) in [5.41, 5.74) is 5.08. The fourth-order valence-corrected chi connectivity index (χ4v) is 3.34. The summed E-state index contributed by atoms with van der Waals surface area (Å²) in [6, 6.07) is 17.2. The van der Waals surface area contributed by atoms with Crippen LogP contribution in [0.25, 0.3) is 0 Å². The van der Waals surface area contributed by atoms with E-state index in [0.717, 1.165) is 12.8 Å². The van der Waals surface area contributed by atoms with Gasteiger partial charge in [-0.05, 0) is 49.9 Å². The Morgan fingerprint density at radius 1 is 0.762 bits per heavy atom. The van der Waals surface area contributed by atoms with Gasteiger partial charge < -0.3 is 0 Å². The largest absolute Gasteiger partial charge is 0.0998 e. The average molecular weight is 294 g/mol. The number of allylic oxidation sites excluding steroid dienone is 2. The molecule has 108 valence electrons. The van der Waals surface area contributed by atoms with Crippen molar-refractivity contribution < 1.29 is 0 Å². The molecule has 0 unspecified atom stereocenters. The molecule has 0 heterocycles. The van der Waals surface area contributed by atoms with E-state index in [1.165, 1.54) is 32.1 Å². The van der Waals surface area contributed by atoms with E-state index in [9.17, 15) is 0 Å². The van der Waals surface area contributed by atoms with Gasteiger partial charge in [0.1, 0.15) is 0 Å². The Morgan fingerprint density at radius 2 is 1.14 bits per heavy atom. The molecule has 0 atom stereocenters. The molecule has 2 rings (SSSR count). The molecule has 0 bridgehead atoms. The van der Waals surface area contributed by atoms with Crippen molar-refractivity contribution in [3.05, 3.63) is 84.0 Å². The molecular formula is C20H22S. The third-order valence-electron chi connectivity index (χ3n) is 3.15. The Kier molecular flexibility index (Phi) is 5.46. The summed E-state index contributed by atoms with van der Waals surface area (Å²) >= 11 is 1.84. The highest BCUT2D eigenvalue weighted by Gasteiger charge is 2.08. The van der Waals surface area contributed by atoms with E-state index >= 15 is 0 Å². The lowest BCUT2D eigenvalue weighted by Gasteiger charge is -2.12. The summed E-state index contributed by atoms with van der Waals surface area (Å²) in [7, 11) is 0. The van der Waals surface area contributed by atoms with Gasteiger partial charge in [-0.2, -0.15) is 0 Å². The second kappa shape index (κ2) is 7.33. The first-order valence-electron chi connectivity index (χ1n) is 7.18. The number of hydrogen-bond donors (Lipinski definition) is 0. The van der Waals surface area contributed by atoms with Crippen molar-refractivity contribution >= 4 is 11.8 Å². The van der Waals surface area contributed by atoms with Crippen LogP contribution in [0, 0.1) is 0 Å². The molecule has 2 aromatic carbocycles. The van der Waals surface area contributed by atoms with Gasteiger partial charge in [-0.25, -0.2) is 0 Å².